The average Bonchev–Trinajstić information content (AvgIpc) is 2.75. The molecule has 0 aromatic carbocycles. The number of rotatable bonds is 8. The molecule has 2 amide bonds. The standard InChI is InChI=1S/C15H28N2O4/c1-3-4-6-14(18)16-7-5-8-17(10-9-16)15(19)13-21-12-11-20-2/h3-13H2,1-2H3. The van der Waals surface area contributed by atoms with E-state index in [0.717, 1.165) is 25.8 Å². The van der Waals surface area contributed by atoms with Crippen molar-refractivity contribution in [2.45, 2.75) is 32.6 Å². The number of methoxy groups -OCH3 is 1. The van der Waals surface area contributed by atoms with Gasteiger partial charge in [0.25, 0.3) is 0 Å². The molecule has 0 bridgehead atoms. The Hall–Kier alpha value is -1.14. The maximum atomic E-state index is 12.0. The number of amides is 2. The minimum Gasteiger partial charge on any atom is -0.382 e. The first-order valence-corrected chi connectivity index (χ1v) is 7.81. The van der Waals surface area contributed by atoms with Crippen molar-refractivity contribution in [2.75, 3.05) is 53.1 Å². The number of hydrogen-bond acceptors (Lipinski definition) is 4. The zero-order chi connectivity index (χ0) is 15.5. The normalized spacial score (nSPS) is 15.9. The molecule has 21 heavy (non-hydrogen) atoms. The van der Waals surface area contributed by atoms with Crippen LogP contribution in [0.1, 0.15) is 32.6 Å². The molecule has 1 aliphatic rings. The van der Waals surface area contributed by atoms with Gasteiger partial charge in [-0.2, -0.15) is 0 Å². The monoisotopic (exact) mass is 300 g/mol. The number of hydrogen-bond donors (Lipinski definition) is 0. The summed E-state index contributed by atoms with van der Waals surface area (Å²) in [5, 5.41) is 0. The number of carbonyl (C=O) groups excluding carboxylic acids is 2. The SMILES string of the molecule is CCCCC(=O)N1CCCN(C(=O)COCCOC)CC1. The van der Waals surface area contributed by atoms with E-state index >= 15 is 0 Å². The predicted molar refractivity (Wildman–Crippen MR) is 80.0 cm³/mol. The Labute approximate surface area is 127 Å². The maximum Gasteiger partial charge on any atom is 0.248 e. The molecule has 0 aromatic rings. The minimum atomic E-state index is -0.00559. The summed E-state index contributed by atoms with van der Waals surface area (Å²) in [5.74, 6) is 0.205. The van der Waals surface area contributed by atoms with Crippen molar-refractivity contribution in [1.29, 1.82) is 0 Å². The molecule has 0 aromatic heterocycles. The van der Waals surface area contributed by atoms with Crippen LogP contribution in [-0.4, -0.2) is 74.7 Å². The first-order valence-electron chi connectivity index (χ1n) is 7.81. The average molecular weight is 300 g/mol. The molecule has 0 spiro atoms. The van der Waals surface area contributed by atoms with Crippen molar-refractivity contribution < 1.29 is 19.1 Å². The third-order valence-corrected chi connectivity index (χ3v) is 3.60. The van der Waals surface area contributed by atoms with E-state index in [1.807, 2.05) is 4.90 Å². The van der Waals surface area contributed by atoms with E-state index in [-0.39, 0.29) is 18.4 Å². The Morgan fingerprint density at radius 2 is 1.67 bits per heavy atom. The van der Waals surface area contributed by atoms with E-state index < -0.39 is 0 Å². The molecule has 0 atom stereocenters. The van der Waals surface area contributed by atoms with Crippen molar-refractivity contribution in [2.24, 2.45) is 0 Å². The van der Waals surface area contributed by atoms with E-state index in [2.05, 4.69) is 6.92 Å². The topological polar surface area (TPSA) is 59.1 Å². The Morgan fingerprint density at radius 1 is 1.00 bits per heavy atom. The van der Waals surface area contributed by atoms with Crippen LogP contribution in [0, 0.1) is 0 Å². The molecule has 0 saturated carbocycles. The summed E-state index contributed by atoms with van der Waals surface area (Å²) >= 11 is 0. The highest BCUT2D eigenvalue weighted by Crippen LogP contribution is 2.07. The molecule has 1 aliphatic heterocycles. The van der Waals surface area contributed by atoms with Crippen LogP contribution in [-0.2, 0) is 19.1 Å². The van der Waals surface area contributed by atoms with E-state index in [9.17, 15) is 9.59 Å². The molecule has 6 nitrogen and oxygen atoms in total. The van der Waals surface area contributed by atoms with Crippen molar-refractivity contribution in [3.63, 3.8) is 0 Å². The summed E-state index contributed by atoms with van der Waals surface area (Å²) in [5.41, 5.74) is 0. The van der Waals surface area contributed by atoms with Gasteiger partial charge in [-0.1, -0.05) is 13.3 Å². The molecule has 6 heteroatoms. The van der Waals surface area contributed by atoms with Crippen LogP contribution in [0.15, 0.2) is 0 Å². The first-order chi connectivity index (χ1) is 10.2. The van der Waals surface area contributed by atoms with E-state index in [0.29, 0.717) is 39.3 Å². The number of nitrogens with zero attached hydrogens (tertiary/aromatic N) is 2. The number of unbranched alkanes of at least 4 members (excludes halogenated alkanes) is 1. The molecule has 0 aliphatic carbocycles. The van der Waals surface area contributed by atoms with E-state index in [4.69, 9.17) is 9.47 Å². The maximum absolute atomic E-state index is 12.0. The molecular formula is C15H28N2O4. The van der Waals surface area contributed by atoms with Crippen LogP contribution in [0.25, 0.3) is 0 Å². The van der Waals surface area contributed by atoms with Gasteiger partial charge in [0.1, 0.15) is 6.61 Å². The lowest BCUT2D eigenvalue weighted by molar-refractivity contribution is -0.137. The van der Waals surface area contributed by atoms with Gasteiger partial charge in [0.05, 0.1) is 13.2 Å². The summed E-state index contributed by atoms with van der Waals surface area (Å²) in [6.07, 6.45) is 3.42. The minimum absolute atomic E-state index is 0.00559. The molecule has 0 radical (unpaired) electrons. The van der Waals surface area contributed by atoms with Gasteiger partial charge in [0, 0.05) is 39.7 Å². The third-order valence-electron chi connectivity index (χ3n) is 3.60. The molecular weight excluding hydrogens is 272 g/mol. The zero-order valence-corrected chi connectivity index (χ0v) is 13.3. The van der Waals surface area contributed by atoms with Crippen LogP contribution in [0.4, 0.5) is 0 Å². The van der Waals surface area contributed by atoms with Gasteiger partial charge in [-0.3, -0.25) is 9.59 Å². The molecule has 1 fully saturated rings. The smallest absolute Gasteiger partial charge is 0.248 e. The Balaban J connectivity index is 2.30. The van der Waals surface area contributed by atoms with Crippen molar-refractivity contribution in [3.05, 3.63) is 0 Å². The summed E-state index contributed by atoms with van der Waals surface area (Å²) < 4.78 is 10.1. The highest BCUT2D eigenvalue weighted by atomic mass is 16.5. The van der Waals surface area contributed by atoms with Gasteiger partial charge in [-0.05, 0) is 12.8 Å². The lowest BCUT2D eigenvalue weighted by Crippen LogP contribution is -2.38. The fraction of sp³-hybridized carbons (Fsp3) is 0.867. The van der Waals surface area contributed by atoms with E-state index in [1.54, 1.807) is 12.0 Å². The molecule has 122 valence electrons. The van der Waals surface area contributed by atoms with Crippen LogP contribution in [0.3, 0.4) is 0 Å². The molecule has 1 heterocycles. The van der Waals surface area contributed by atoms with Crippen LogP contribution < -0.4 is 0 Å². The van der Waals surface area contributed by atoms with Crippen molar-refractivity contribution in [1.82, 2.24) is 9.80 Å². The molecule has 0 unspecified atom stereocenters. The van der Waals surface area contributed by atoms with Gasteiger partial charge in [-0.25, -0.2) is 0 Å². The second kappa shape index (κ2) is 10.6. The van der Waals surface area contributed by atoms with Gasteiger partial charge in [-0.15, -0.1) is 0 Å². The lowest BCUT2D eigenvalue weighted by Gasteiger charge is -2.22. The zero-order valence-electron chi connectivity index (χ0n) is 13.3. The fourth-order valence-corrected chi connectivity index (χ4v) is 2.30. The Morgan fingerprint density at radius 3 is 2.29 bits per heavy atom. The summed E-state index contributed by atoms with van der Waals surface area (Å²) in [6.45, 7) is 5.77. The van der Waals surface area contributed by atoms with Crippen molar-refractivity contribution >= 4 is 11.8 Å². The predicted octanol–water partition coefficient (Wildman–Crippen LogP) is 0.901. The highest BCUT2D eigenvalue weighted by molar-refractivity contribution is 5.78. The Kier molecular flexibility index (Phi) is 9.01. The molecule has 0 N–H and O–H groups in total. The number of ether oxygens (including phenoxy) is 2. The first kappa shape index (κ1) is 17.9. The molecule has 1 rings (SSSR count). The second-order valence-corrected chi connectivity index (χ2v) is 5.26. The van der Waals surface area contributed by atoms with Crippen molar-refractivity contribution in [3.8, 4) is 0 Å². The van der Waals surface area contributed by atoms with Crippen LogP contribution in [0.5, 0.6) is 0 Å². The van der Waals surface area contributed by atoms with Crippen LogP contribution in [0.2, 0.25) is 0 Å². The second-order valence-electron chi connectivity index (χ2n) is 5.26. The summed E-state index contributed by atoms with van der Waals surface area (Å²) in [7, 11) is 1.60. The quantitative estimate of drug-likeness (QED) is 0.625. The highest BCUT2D eigenvalue weighted by Gasteiger charge is 2.21. The Bertz CT molecular complexity index is 323. The molecule has 1 saturated heterocycles. The summed E-state index contributed by atoms with van der Waals surface area (Å²) in [4.78, 5) is 27.7. The van der Waals surface area contributed by atoms with E-state index in [1.165, 1.54) is 0 Å². The van der Waals surface area contributed by atoms with Crippen LogP contribution >= 0.6 is 0 Å². The van der Waals surface area contributed by atoms with Gasteiger partial charge < -0.3 is 19.3 Å². The van der Waals surface area contributed by atoms with Gasteiger partial charge in [0.2, 0.25) is 11.8 Å². The fourth-order valence-electron chi connectivity index (χ4n) is 2.30. The third kappa shape index (κ3) is 6.91. The largest absolute Gasteiger partial charge is 0.382 e. The number of carbonyl (C=O) groups is 2. The van der Waals surface area contributed by atoms with Gasteiger partial charge in [0.15, 0.2) is 0 Å². The lowest BCUT2D eigenvalue weighted by atomic mass is 10.2. The summed E-state index contributed by atoms with van der Waals surface area (Å²) in [6, 6.07) is 0. The van der Waals surface area contributed by atoms with Gasteiger partial charge >= 0.3 is 0 Å².